The van der Waals surface area contributed by atoms with Gasteiger partial charge in [-0.1, -0.05) is 12.1 Å². The number of Topliss-reactive ketones (excluding diaryl/α,β-unsaturated/α-hetero) is 1. The molecule has 7 heteroatoms. The van der Waals surface area contributed by atoms with Crippen LogP contribution in [0.25, 0.3) is 0 Å². The van der Waals surface area contributed by atoms with Crippen molar-refractivity contribution in [3.8, 4) is 0 Å². The van der Waals surface area contributed by atoms with Crippen molar-refractivity contribution in [2.75, 3.05) is 36.1 Å². The van der Waals surface area contributed by atoms with Gasteiger partial charge < -0.3 is 0 Å². The zero-order chi connectivity index (χ0) is 17.9. The van der Waals surface area contributed by atoms with E-state index in [0.29, 0.717) is 12.6 Å². The maximum absolute atomic E-state index is 12.9. The molecule has 2 saturated heterocycles. The molecule has 1 aromatic rings. The molecule has 25 heavy (non-hydrogen) atoms. The van der Waals surface area contributed by atoms with E-state index in [1.54, 1.807) is 0 Å². The quantitative estimate of drug-likeness (QED) is 0.712. The monoisotopic (exact) mass is 389 g/mol. The van der Waals surface area contributed by atoms with E-state index in [9.17, 15) is 18.0 Å². The molecule has 0 N–H and O–H groups in total. The Kier molecular flexibility index (Phi) is 6.39. The fourth-order valence-corrected chi connectivity index (χ4v) is 6.08. The first-order valence-electron chi connectivity index (χ1n) is 8.56. The molecule has 2 heterocycles. The molecule has 2 fully saturated rings. The van der Waals surface area contributed by atoms with Crippen molar-refractivity contribution in [3.05, 3.63) is 35.4 Å². The maximum Gasteiger partial charge on any atom is 0.416 e. The largest absolute Gasteiger partial charge is 0.416 e. The summed E-state index contributed by atoms with van der Waals surface area (Å²) in [6, 6.07) is 5.32. The van der Waals surface area contributed by atoms with Gasteiger partial charge in [-0.05, 0) is 31.5 Å². The normalized spacial score (nSPS) is 24.0. The molecule has 1 aromatic carbocycles. The third kappa shape index (κ3) is 4.95. The minimum Gasteiger partial charge on any atom is -0.298 e. The molecule has 138 valence electrons. The molecule has 2 aliphatic heterocycles. The van der Waals surface area contributed by atoms with E-state index in [2.05, 4.69) is 4.90 Å². The lowest BCUT2D eigenvalue weighted by molar-refractivity contribution is -0.137. The van der Waals surface area contributed by atoms with Gasteiger partial charge >= 0.3 is 6.18 Å². The van der Waals surface area contributed by atoms with E-state index in [1.165, 1.54) is 23.6 Å². The van der Waals surface area contributed by atoms with Crippen LogP contribution in [0.15, 0.2) is 24.3 Å². The summed E-state index contributed by atoms with van der Waals surface area (Å²) in [5, 5.41) is 0. The smallest absolute Gasteiger partial charge is 0.298 e. The molecule has 0 aromatic heterocycles. The Morgan fingerprint density at radius 1 is 1.16 bits per heavy atom. The van der Waals surface area contributed by atoms with Crippen molar-refractivity contribution in [2.45, 2.75) is 25.1 Å². The van der Waals surface area contributed by atoms with Gasteiger partial charge in [0.1, 0.15) is 0 Å². The Morgan fingerprint density at radius 3 is 2.56 bits per heavy atom. The van der Waals surface area contributed by atoms with Crippen molar-refractivity contribution in [2.24, 2.45) is 5.92 Å². The summed E-state index contributed by atoms with van der Waals surface area (Å²) >= 11 is 3.91. The van der Waals surface area contributed by atoms with Crippen molar-refractivity contribution in [3.63, 3.8) is 0 Å². The first kappa shape index (κ1) is 19.1. The van der Waals surface area contributed by atoms with Gasteiger partial charge in [0, 0.05) is 47.1 Å². The number of carbonyl (C=O) groups is 1. The molecule has 0 saturated carbocycles. The van der Waals surface area contributed by atoms with Crippen molar-refractivity contribution < 1.29 is 18.0 Å². The Balaban J connectivity index is 1.69. The predicted molar refractivity (Wildman–Crippen MR) is 98.5 cm³/mol. The SMILES string of the molecule is O=C(c1cccc(C(F)(F)F)c1)[C@@H]1CCCN(C2CSCCSC2)C1. The first-order chi connectivity index (χ1) is 11.9. The van der Waals surface area contributed by atoms with Gasteiger partial charge in [0.05, 0.1) is 5.56 Å². The van der Waals surface area contributed by atoms with Crippen molar-refractivity contribution >= 4 is 29.3 Å². The zero-order valence-corrected chi connectivity index (χ0v) is 15.6. The van der Waals surface area contributed by atoms with Gasteiger partial charge in [-0.25, -0.2) is 0 Å². The number of nitrogens with zero attached hydrogens (tertiary/aromatic N) is 1. The summed E-state index contributed by atoms with van der Waals surface area (Å²) < 4.78 is 38.7. The lowest BCUT2D eigenvalue weighted by Crippen LogP contribution is -2.46. The van der Waals surface area contributed by atoms with Gasteiger partial charge in [-0.15, -0.1) is 0 Å². The van der Waals surface area contributed by atoms with Gasteiger partial charge in [0.2, 0.25) is 0 Å². The van der Waals surface area contributed by atoms with Crippen LogP contribution in [0.4, 0.5) is 13.2 Å². The number of piperidine rings is 1. The molecular weight excluding hydrogens is 367 g/mol. The number of halogens is 3. The van der Waals surface area contributed by atoms with Crippen LogP contribution in [-0.2, 0) is 6.18 Å². The number of hydrogen-bond acceptors (Lipinski definition) is 4. The molecule has 3 rings (SSSR count). The topological polar surface area (TPSA) is 20.3 Å². The highest BCUT2D eigenvalue weighted by molar-refractivity contribution is 8.03. The summed E-state index contributed by atoms with van der Waals surface area (Å²) in [5.41, 5.74) is -0.561. The highest BCUT2D eigenvalue weighted by Gasteiger charge is 2.33. The number of ketones is 1. The maximum atomic E-state index is 12.9. The summed E-state index contributed by atoms with van der Waals surface area (Å²) in [7, 11) is 0. The number of thioether (sulfide) groups is 2. The first-order valence-corrected chi connectivity index (χ1v) is 10.9. The molecule has 1 atom stereocenters. The van der Waals surface area contributed by atoms with Crippen LogP contribution >= 0.6 is 23.5 Å². The average molecular weight is 390 g/mol. The number of hydrogen-bond donors (Lipinski definition) is 0. The Hall–Kier alpha value is -0.660. The van der Waals surface area contributed by atoms with Crippen LogP contribution < -0.4 is 0 Å². The second kappa shape index (κ2) is 8.35. The minimum absolute atomic E-state index is 0.148. The average Bonchev–Trinajstić information content (AvgIpc) is 2.90. The Labute approximate surface area is 154 Å². The highest BCUT2D eigenvalue weighted by Crippen LogP contribution is 2.31. The lowest BCUT2D eigenvalue weighted by atomic mass is 9.89. The molecule has 0 radical (unpaired) electrons. The molecule has 0 spiro atoms. The number of carbonyl (C=O) groups excluding carboxylic acids is 1. The van der Waals surface area contributed by atoms with Crippen LogP contribution in [0, 0.1) is 5.92 Å². The van der Waals surface area contributed by atoms with Gasteiger partial charge in [-0.3, -0.25) is 9.69 Å². The van der Waals surface area contributed by atoms with Crippen molar-refractivity contribution in [1.82, 2.24) is 4.90 Å². The Bertz CT molecular complexity index is 600. The summed E-state index contributed by atoms with van der Waals surface area (Å²) in [6.45, 7) is 1.65. The second-order valence-corrected chi connectivity index (χ2v) is 8.88. The highest BCUT2D eigenvalue weighted by atomic mass is 32.2. The van der Waals surface area contributed by atoms with Crippen LogP contribution in [0.1, 0.15) is 28.8 Å². The van der Waals surface area contributed by atoms with Crippen LogP contribution in [-0.4, -0.2) is 52.8 Å². The lowest BCUT2D eigenvalue weighted by Gasteiger charge is -2.37. The van der Waals surface area contributed by atoms with Gasteiger partial charge in [-0.2, -0.15) is 36.7 Å². The zero-order valence-electron chi connectivity index (χ0n) is 13.9. The van der Waals surface area contributed by atoms with Gasteiger partial charge in [0.15, 0.2) is 5.78 Å². The molecule has 0 aliphatic carbocycles. The molecule has 0 bridgehead atoms. The number of rotatable bonds is 3. The standard InChI is InChI=1S/C18H22F3NOS2/c19-18(20,21)15-5-1-3-13(9-15)17(23)14-4-2-6-22(10-14)16-11-24-7-8-25-12-16/h1,3,5,9,14,16H,2,4,6-8,10-12H2/t14-/m1/s1. The summed E-state index contributed by atoms with van der Waals surface area (Å²) in [4.78, 5) is 15.2. The molecule has 2 nitrogen and oxygen atoms in total. The van der Waals surface area contributed by atoms with Crippen LogP contribution in [0.3, 0.4) is 0 Å². The van der Waals surface area contributed by atoms with Crippen LogP contribution in [0.5, 0.6) is 0 Å². The van der Waals surface area contributed by atoms with Crippen molar-refractivity contribution in [1.29, 1.82) is 0 Å². The van der Waals surface area contributed by atoms with E-state index in [4.69, 9.17) is 0 Å². The predicted octanol–water partition coefficient (Wildman–Crippen LogP) is 4.45. The van der Waals surface area contributed by atoms with Crippen LogP contribution in [0.2, 0.25) is 0 Å². The van der Waals surface area contributed by atoms with E-state index in [1.807, 2.05) is 23.5 Å². The third-order valence-corrected chi connectivity index (χ3v) is 7.29. The second-order valence-electron chi connectivity index (χ2n) is 6.58. The van der Waals surface area contributed by atoms with E-state index >= 15 is 0 Å². The van der Waals surface area contributed by atoms with E-state index in [-0.39, 0.29) is 17.3 Å². The fraction of sp³-hybridized carbons (Fsp3) is 0.611. The fourth-order valence-electron chi connectivity index (χ4n) is 3.45. The third-order valence-electron chi connectivity index (χ3n) is 4.81. The number of likely N-dealkylation sites (tertiary alicyclic amines) is 1. The van der Waals surface area contributed by atoms with E-state index in [0.717, 1.165) is 43.0 Å². The van der Waals surface area contributed by atoms with Gasteiger partial charge in [0.25, 0.3) is 0 Å². The molecule has 2 aliphatic rings. The number of alkyl halides is 3. The van der Waals surface area contributed by atoms with E-state index < -0.39 is 11.7 Å². The molecule has 0 amide bonds. The summed E-state index contributed by atoms with van der Waals surface area (Å²) in [6.07, 6.45) is -2.72. The Morgan fingerprint density at radius 2 is 1.88 bits per heavy atom. The summed E-state index contributed by atoms with van der Waals surface area (Å²) in [5.74, 6) is 4.15. The molecular formula is C18H22F3NOS2. The molecule has 0 unspecified atom stereocenters. The minimum atomic E-state index is -4.41. The number of benzene rings is 1.